The lowest BCUT2D eigenvalue weighted by molar-refractivity contribution is -0.145. The number of aliphatic hydroxyl groups is 1. The number of esters is 1. The SMILES string of the molecule is CCCC(=O)OCC1(CO)CC1=Cn1cnc2c(=O)[nH]c(N)nc21. The van der Waals surface area contributed by atoms with E-state index in [0.29, 0.717) is 18.5 Å². The van der Waals surface area contributed by atoms with E-state index in [9.17, 15) is 14.7 Å². The smallest absolute Gasteiger partial charge is 0.305 e. The van der Waals surface area contributed by atoms with Crippen LogP contribution in [0.25, 0.3) is 17.4 Å². The molecular formula is C15H19N5O4. The molecule has 9 heteroatoms. The largest absolute Gasteiger partial charge is 0.465 e. The Morgan fingerprint density at radius 1 is 1.62 bits per heavy atom. The summed E-state index contributed by atoms with van der Waals surface area (Å²) in [4.78, 5) is 33.8. The molecule has 24 heavy (non-hydrogen) atoms. The van der Waals surface area contributed by atoms with E-state index < -0.39 is 11.0 Å². The maximum Gasteiger partial charge on any atom is 0.305 e. The normalized spacial score (nSPS) is 21.3. The van der Waals surface area contributed by atoms with E-state index in [2.05, 4.69) is 15.0 Å². The summed E-state index contributed by atoms with van der Waals surface area (Å²) in [7, 11) is 0. The number of hydrogen-bond acceptors (Lipinski definition) is 7. The third kappa shape index (κ3) is 2.90. The van der Waals surface area contributed by atoms with Gasteiger partial charge in [-0.15, -0.1) is 0 Å². The quantitative estimate of drug-likeness (QED) is 0.645. The fourth-order valence-corrected chi connectivity index (χ4v) is 2.55. The van der Waals surface area contributed by atoms with Crippen molar-refractivity contribution in [1.82, 2.24) is 19.5 Å². The van der Waals surface area contributed by atoms with Crippen LogP contribution in [0.3, 0.4) is 0 Å². The Morgan fingerprint density at radius 2 is 2.42 bits per heavy atom. The van der Waals surface area contributed by atoms with Crippen LogP contribution in [0, 0.1) is 5.41 Å². The summed E-state index contributed by atoms with van der Waals surface area (Å²) in [6, 6.07) is 0. The molecule has 1 atom stereocenters. The molecule has 0 aromatic carbocycles. The van der Waals surface area contributed by atoms with Gasteiger partial charge in [0.15, 0.2) is 11.2 Å². The average Bonchev–Trinajstić information content (AvgIpc) is 3.08. The van der Waals surface area contributed by atoms with Crippen LogP contribution in [0.1, 0.15) is 26.2 Å². The minimum atomic E-state index is -0.563. The van der Waals surface area contributed by atoms with Gasteiger partial charge in [-0.1, -0.05) is 6.92 Å². The van der Waals surface area contributed by atoms with E-state index in [-0.39, 0.29) is 30.6 Å². The highest BCUT2D eigenvalue weighted by Gasteiger charge is 2.49. The number of hydrogen-bond donors (Lipinski definition) is 3. The van der Waals surface area contributed by atoms with Gasteiger partial charge in [0.05, 0.1) is 12.0 Å². The topological polar surface area (TPSA) is 136 Å². The molecule has 1 aliphatic carbocycles. The number of nitrogens with two attached hydrogens (primary N) is 1. The highest BCUT2D eigenvalue weighted by Crippen LogP contribution is 2.52. The lowest BCUT2D eigenvalue weighted by atomic mass is 10.1. The summed E-state index contributed by atoms with van der Waals surface area (Å²) in [5, 5.41) is 9.65. The molecule has 0 spiro atoms. The molecule has 0 bridgehead atoms. The molecule has 1 saturated carbocycles. The molecule has 2 aromatic heterocycles. The van der Waals surface area contributed by atoms with Gasteiger partial charge in [0.2, 0.25) is 5.95 Å². The van der Waals surface area contributed by atoms with Crippen LogP contribution < -0.4 is 11.3 Å². The predicted molar refractivity (Wildman–Crippen MR) is 86.8 cm³/mol. The van der Waals surface area contributed by atoms with Crippen molar-refractivity contribution >= 4 is 29.3 Å². The first kappa shape index (κ1) is 16.2. The van der Waals surface area contributed by atoms with Gasteiger partial charge in [-0.2, -0.15) is 4.98 Å². The molecule has 4 N–H and O–H groups in total. The number of aromatic amines is 1. The molecular weight excluding hydrogens is 314 g/mol. The molecule has 2 aromatic rings. The average molecular weight is 333 g/mol. The standard InChI is InChI=1S/C15H19N5O4/c1-2-3-10(22)24-7-15(6-21)4-9(15)5-20-8-17-11-12(20)18-14(16)19-13(11)23/h5,8,21H,2-4,6-7H2,1H3,(H3,16,18,19,23). The number of rotatable bonds is 6. The molecule has 0 aliphatic heterocycles. The maximum absolute atomic E-state index is 11.8. The third-order valence-corrected chi connectivity index (χ3v) is 4.10. The molecule has 1 fully saturated rings. The lowest BCUT2D eigenvalue weighted by Crippen LogP contribution is -2.18. The monoisotopic (exact) mass is 333 g/mol. The second-order valence-corrected chi connectivity index (χ2v) is 5.96. The number of aliphatic hydroxyl groups excluding tert-OH is 1. The molecule has 0 radical (unpaired) electrons. The zero-order chi connectivity index (χ0) is 17.3. The van der Waals surface area contributed by atoms with Crippen molar-refractivity contribution in [3.63, 3.8) is 0 Å². The fraction of sp³-hybridized carbons (Fsp3) is 0.467. The molecule has 3 rings (SSSR count). The van der Waals surface area contributed by atoms with Crippen molar-refractivity contribution in [1.29, 1.82) is 0 Å². The molecule has 1 aliphatic rings. The van der Waals surface area contributed by atoms with Crippen molar-refractivity contribution in [2.45, 2.75) is 26.2 Å². The number of nitrogens with one attached hydrogen (secondary N) is 1. The number of carbonyl (C=O) groups excluding carboxylic acids is 1. The van der Waals surface area contributed by atoms with Gasteiger partial charge in [-0.25, -0.2) is 4.98 Å². The lowest BCUT2D eigenvalue weighted by Gasteiger charge is -2.11. The van der Waals surface area contributed by atoms with E-state index in [1.54, 1.807) is 10.8 Å². The van der Waals surface area contributed by atoms with Crippen LogP contribution in [-0.4, -0.2) is 43.8 Å². The Hall–Kier alpha value is -2.68. The van der Waals surface area contributed by atoms with Crippen LogP contribution in [0.4, 0.5) is 5.95 Å². The number of nitrogen functional groups attached to an aromatic ring is 1. The number of ether oxygens (including phenoxy) is 1. The molecule has 1 unspecified atom stereocenters. The van der Waals surface area contributed by atoms with Gasteiger partial charge < -0.3 is 15.6 Å². The van der Waals surface area contributed by atoms with Crippen LogP contribution in [0.15, 0.2) is 16.7 Å². The minimum Gasteiger partial charge on any atom is -0.465 e. The van der Waals surface area contributed by atoms with Gasteiger partial charge in [0.1, 0.15) is 12.9 Å². The maximum atomic E-state index is 11.8. The van der Waals surface area contributed by atoms with E-state index in [0.717, 1.165) is 12.0 Å². The highest BCUT2D eigenvalue weighted by atomic mass is 16.5. The molecule has 128 valence electrons. The number of H-pyrrole nitrogens is 1. The summed E-state index contributed by atoms with van der Waals surface area (Å²) in [5.41, 5.74) is 6.01. The van der Waals surface area contributed by atoms with Gasteiger partial charge in [-0.05, 0) is 18.4 Å². The molecule has 2 heterocycles. The van der Waals surface area contributed by atoms with Crippen LogP contribution in [0.2, 0.25) is 0 Å². The predicted octanol–water partition coefficient (Wildman–Crippen LogP) is 0.268. The Bertz CT molecular complexity index is 868. The fourth-order valence-electron chi connectivity index (χ4n) is 2.55. The number of carbonyl (C=O) groups is 1. The Labute approximate surface area is 137 Å². The molecule has 0 amide bonds. The summed E-state index contributed by atoms with van der Waals surface area (Å²) in [5.74, 6) is -0.268. The van der Waals surface area contributed by atoms with E-state index in [4.69, 9.17) is 10.5 Å². The molecule has 0 saturated heterocycles. The van der Waals surface area contributed by atoms with Crippen molar-refractivity contribution in [2.75, 3.05) is 18.9 Å². The van der Waals surface area contributed by atoms with Crippen LogP contribution in [-0.2, 0) is 9.53 Å². The zero-order valence-electron chi connectivity index (χ0n) is 13.3. The summed E-state index contributed by atoms with van der Waals surface area (Å²) in [6.07, 6.45) is 4.88. The number of imidazole rings is 1. The third-order valence-electron chi connectivity index (χ3n) is 4.10. The van der Waals surface area contributed by atoms with Gasteiger partial charge >= 0.3 is 5.97 Å². The second-order valence-electron chi connectivity index (χ2n) is 5.96. The van der Waals surface area contributed by atoms with E-state index in [1.807, 2.05) is 6.92 Å². The Balaban J connectivity index is 1.82. The summed E-state index contributed by atoms with van der Waals surface area (Å²) in [6.45, 7) is 1.91. The number of anilines is 1. The van der Waals surface area contributed by atoms with Crippen molar-refractivity contribution in [2.24, 2.45) is 5.41 Å². The van der Waals surface area contributed by atoms with E-state index >= 15 is 0 Å². The minimum absolute atomic E-state index is 0.00497. The first-order chi connectivity index (χ1) is 11.5. The van der Waals surface area contributed by atoms with Crippen molar-refractivity contribution in [3.05, 3.63) is 22.3 Å². The van der Waals surface area contributed by atoms with Crippen molar-refractivity contribution < 1.29 is 14.6 Å². The second kappa shape index (κ2) is 6.08. The van der Waals surface area contributed by atoms with Crippen LogP contribution in [0.5, 0.6) is 0 Å². The summed E-state index contributed by atoms with van der Waals surface area (Å²) >= 11 is 0. The Morgan fingerprint density at radius 3 is 3.12 bits per heavy atom. The van der Waals surface area contributed by atoms with Gasteiger partial charge in [-0.3, -0.25) is 19.1 Å². The van der Waals surface area contributed by atoms with Gasteiger partial charge in [0.25, 0.3) is 5.56 Å². The number of nitrogens with zero attached hydrogens (tertiary/aromatic N) is 3. The zero-order valence-corrected chi connectivity index (χ0v) is 13.3. The first-order valence-electron chi connectivity index (χ1n) is 7.69. The number of fused-ring (bicyclic) bond motifs is 1. The molecule has 9 nitrogen and oxygen atoms in total. The highest BCUT2D eigenvalue weighted by molar-refractivity contribution is 5.74. The number of aromatic nitrogens is 4. The van der Waals surface area contributed by atoms with E-state index in [1.165, 1.54) is 6.33 Å². The summed E-state index contributed by atoms with van der Waals surface area (Å²) < 4.78 is 6.81. The first-order valence-corrected chi connectivity index (χ1v) is 7.69. The van der Waals surface area contributed by atoms with Crippen LogP contribution >= 0.6 is 0 Å². The van der Waals surface area contributed by atoms with Gasteiger partial charge in [0, 0.05) is 12.6 Å². The Kier molecular flexibility index (Phi) is 4.10. The van der Waals surface area contributed by atoms with Crippen molar-refractivity contribution in [3.8, 4) is 0 Å².